The van der Waals surface area contributed by atoms with Crippen LogP contribution in [0.5, 0.6) is 0 Å². The smallest absolute Gasteiger partial charge is 0.339 e. The van der Waals surface area contributed by atoms with Crippen molar-refractivity contribution >= 4 is 17.3 Å². The number of nitrogens with zero attached hydrogens (tertiary/aromatic N) is 2. The summed E-state index contributed by atoms with van der Waals surface area (Å²) in [6, 6.07) is 3.80. The SMILES string of the molecule is COC(=O)c1ccc([N+](=O)[O-])cc1N1CCC(=C(F)F)CC1. The highest BCUT2D eigenvalue weighted by molar-refractivity contribution is 5.96. The molecule has 1 saturated heterocycles. The fraction of sp³-hybridized carbons (Fsp3) is 0.357. The van der Waals surface area contributed by atoms with E-state index < -0.39 is 17.0 Å². The Balaban J connectivity index is 2.35. The zero-order valence-corrected chi connectivity index (χ0v) is 11.8. The quantitative estimate of drug-likeness (QED) is 0.487. The van der Waals surface area contributed by atoms with Crippen LogP contribution in [0.15, 0.2) is 29.9 Å². The summed E-state index contributed by atoms with van der Waals surface area (Å²) in [4.78, 5) is 23.8. The van der Waals surface area contributed by atoms with Gasteiger partial charge in [-0.1, -0.05) is 0 Å². The van der Waals surface area contributed by atoms with Crippen molar-refractivity contribution in [2.75, 3.05) is 25.1 Å². The number of benzene rings is 1. The van der Waals surface area contributed by atoms with Crippen molar-refractivity contribution in [2.45, 2.75) is 12.8 Å². The standard InChI is InChI=1S/C14H14F2N2O4/c1-22-14(19)11-3-2-10(18(20)21)8-12(11)17-6-4-9(5-7-17)13(15)16/h2-3,8H,4-7H2,1H3. The molecule has 2 rings (SSSR count). The second-order valence-electron chi connectivity index (χ2n) is 4.80. The highest BCUT2D eigenvalue weighted by Crippen LogP contribution is 2.31. The van der Waals surface area contributed by atoms with Gasteiger partial charge >= 0.3 is 5.97 Å². The van der Waals surface area contributed by atoms with Crippen molar-refractivity contribution in [1.29, 1.82) is 0 Å². The molecular weight excluding hydrogens is 298 g/mol. The third kappa shape index (κ3) is 3.21. The maximum Gasteiger partial charge on any atom is 0.339 e. The van der Waals surface area contributed by atoms with Gasteiger partial charge in [0.15, 0.2) is 0 Å². The number of rotatable bonds is 3. The van der Waals surface area contributed by atoms with Crippen LogP contribution < -0.4 is 4.90 Å². The summed E-state index contributed by atoms with van der Waals surface area (Å²) in [6.07, 6.45) is -1.36. The predicted molar refractivity (Wildman–Crippen MR) is 75.1 cm³/mol. The van der Waals surface area contributed by atoms with E-state index in [2.05, 4.69) is 4.74 Å². The Hall–Kier alpha value is -2.51. The fourth-order valence-corrected chi connectivity index (χ4v) is 2.38. The van der Waals surface area contributed by atoms with Crippen molar-refractivity contribution in [2.24, 2.45) is 0 Å². The molecule has 118 valence electrons. The van der Waals surface area contributed by atoms with Crippen molar-refractivity contribution in [3.05, 3.63) is 45.5 Å². The largest absolute Gasteiger partial charge is 0.465 e. The van der Waals surface area contributed by atoms with Gasteiger partial charge < -0.3 is 9.64 Å². The minimum absolute atomic E-state index is 0.0845. The molecule has 1 fully saturated rings. The highest BCUT2D eigenvalue weighted by atomic mass is 19.3. The predicted octanol–water partition coefficient (Wildman–Crippen LogP) is 3.13. The second-order valence-corrected chi connectivity index (χ2v) is 4.80. The van der Waals surface area contributed by atoms with Crippen LogP contribution in [0.1, 0.15) is 23.2 Å². The van der Waals surface area contributed by atoms with Crippen LogP contribution in [0.4, 0.5) is 20.2 Å². The molecule has 0 atom stereocenters. The van der Waals surface area contributed by atoms with Gasteiger partial charge in [0.05, 0.1) is 23.3 Å². The van der Waals surface area contributed by atoms with Gasteiger partial charge in [0.25, 0.3) is 11.8 Å². The minimum Gasteiger partial charge on any atom is -0.465 e. The van der Waals surface area contributed by atoms with Crippen LogP contribution in [-0.4, -0.2) is 31.1 Å². The summed E-state index contributed by atoms with van der Waals surface area (Å²) in [5.41, 5.74) is 0.433. The molecule has 8 heteroatoms. The molecule has 0 N–H and O–H groups in total. The normalized spacial score (nSPS) is 14.7. The lowest BCUT2D eigenvalue weighted by Crippen LogP contribution is -2.32. The van der Waals surface area contributed by atoms with Gasteiger partial charge in [0, 0.05) is 25.2 Å². The van der Waals surface area contributed by atoms with Crippen molar-refractivity contribution in [3.63, 3.8) is 0 Å². The fourth-order valence-electron chi connectivity index (χ4n) is 2.38. The first kappa shape index (κ1) is 15.9. The molecule has 0 saturated carbocycles. The van der Waals surface area contributed by atoms with Crippen LogP contribution in [-0.2, 0) is 4.74 Å². The molecule has 1 heterocycles. The number of ether oxygens (including phenoxy) is 1. The maximum absolute atomic E-state index is 12.6. The van der Waals surface area contributed by atoms with E-state index in [9.17, 15) is 23.7 Å². The molecule has 0 radical (unpaired) electrons. The number of methoxy groups -OCH3 is 1. The number of hydrogen-bond acceptors (Lipinski definition) is 5. The second kappa shape index (κ2) is 6.50. The summed E-state index contributed by atoms with van der Waals surface area (Å²) in [5, 5.41) is 10.9. The van der Waals surface area contributed by atoms with E-state index in [1.54, 1.807) is 4.90 Å². The van der Waals surface area contributed by atoms with Crippen LogP contribution in [0, 0.1) is 10.1 Å². The lowest BCUT2D eigenvalue weighted by Gasteiger charge is -2.30. The molecule has 0 aromatic heterocycles. The molecule has 0 unspecified atom stereocenters. The van der Waals surface area contributed by atoms with Gasteiger partial charge in [0.2, 0.25) is 0 Å². The third-order valence-electron chi connectivity index (χ3n) is 3.57. The van der Waals surface area contributed by atoms with E-state index in [1.807, 2.05) is 0 Å². The average Bonchev–Trinajstić information content (AvgIpc) is 2.53. The van der Waals surface area contributed by atoms with Crippen molar-refractivity contribution in [3.8, 4) is 0 Å². The molecule has 0 bridgehead atoms. The van der Waals surface area contributed by atoms with E-state index >= 15 is 0 Å². The Bertz CT molecular complexity index is 632. The Kier molecular flexibility index (Phi) is 4.69. The van der Waals surface area contributed by atoms with Gasteiger partial charge in [-0.25, -0.2) is 4.79 Å². The molecule has 1 aromatic rings. The summed E-state index contributed by atoms with van der Waals surface area (Å²) in [7, 11) is 1.21. The average molecular weight is 312 g/mol. The van der Waals surface area contributed by atoms with Crippen molar-refractivity contribution < 1.29 is 23.2 Å². The van der Waals surface area contributed by atoms with Gasteiger partial charge in [-0.3, -0.25) is 10.1 Å². The first-order valence-corrected chi connectivity index (χ1v) is 6.58. The van der Waals surface area contributed by atoms with Gasteiger partial charge in [-0.2, -0.15) is 8.78 Å². The van der Waals surface area contributed by atoms with Gasteiger partial charge in [0.1, 0.15) is 0 Å². The van der Waals surface area contributed by atoms with Crippen LogP contribution in [0.2, 0.25) is 0 Å². The van der Waals surface area contributed by atoms with E-state index in [1.165, 1.54) is 25.3 Å². The highest BCUT2D eigenvalue weighted by Gasteiger charge is 2.24. The molecular formula is C14H14F2N2O4. The number of esters is 1. The Morgan fingerprint density at radius 1 is 1.32 bits per heavy atom. The van der Waals surface area contributed by atoms with Crippen molar-refractivity contribution in [1.82, 2.24) is 0 Å². The number of hydrogen-bond donors (Lipinski definition) is 0. The van der Waals surface area contributed by atoms with E-state index in [4.69, 9.17) is 0 Å². The monoisotopic (exact) mass is 312 g/mol. The number of piperidine rings is 1. The summed E-state index contributed by atoms with van der Waals surface area (Å²) in [6.45, 7) is 0.523. The number of non-ortho nitro benzene ring substituents is 1. The Labute approximate surface area is 125 Å². The first-order valence-electron chi connectivity index (χ1n) is 6.58. The Morgan fingerprint density at radius 3 is 2.45 bits per heavy atom. The molecule has 1 aliphatic rings. The van der Waals surface area contributed by atoms with E-state index in [-0.39, 0.29) is 42.8 Å². The van der Waals surface area contributed by atoms with Crippen LogP contribution >= 0.6 is 0 Å². The lowest BCUT2D eigenvalue weighted by atomic mass is 10.0. The first-order chi connectivity index (χ1) is 10.4. The summed E-state index contributed by atoms with van der Waals surface area (Å²) < 4.78 is 29.8. The maximum atomic E-state index is 12.6. The minimum atomic E-state index is -1.67. The molecule has 22 heavy (non-hydrogen) atoms. The van der Waals surface area contributed by atoms with E-state index in [0.717, 1.165) is 0 Å². The number of anilines is 1. The van der Waals surface area contributed by atoms with Gasteiger partial charge in [-0.05, 0) is 24.5 Å². The van der Waals surface area contributed by atoms with Gasteiger partial charge in [-0.15, -0.1) is 0 Å². The molecule has 6 nitrogen and oxygen atoms in total. The molecule has 1 aliphatic heterocycles. The number of nitro benzene ring substituents is 1. The van der Waals surface area contributed by atoms with Crippen LogP contribution in [0.3, 0.4) is 0 Å². The molecule has 0 aliphatic carbocycles. The third-order valence-corrected chi connectivity index (χ3v) is 3.57. The van der Waals surface area contributed by atoms with Crippen LogP contribution in [0.25, 0.3) is 0 Å². The lowest BCUT2D eigenvalue weighted by molar-refractivity contribution is -0.384. The summed E-state index contributed by atoms with van der Waals surface area (Å²) >= 11 is 0. The topological polar surface area (TPSA) is 72.7 Å². The summed E-state index contributed by atoms with van der Waals surface area (Å²) in [5.74, 6) is -0.622. The van der Waals surface area contributed by atoms with E-state index in [0.29, 0.717) is 5.69 Å². The molecule has 0 spiro atoms. The Morgan fingerprint density at radius 2 is 1.95 bits per heavy atom. The number of halogens is 2. The zero-order chi connectivity index (χ0) is 16.3. The number of nitro groups is 1. The zero-order valence-electron chi connectivity index (χ0n) is 11.8. The number of carbonyl (C=O) groups excluding carboxylic acids is 1. The molecule has 1 aromatic carbocycles. The molecule has 0 amide bonds. The number of carbonyl (C=O) groups is 1.